The van der Waals surface area contributed by atoms with Crippen molar-refractivity contribution in [3.05, 3.63) is 0 Å². The van der Waals surface area contributed by atoms with Crippen LogP contribution in [0.5, 0.6) is 0 Å². The maximum atomic E-state index is 12.1. The number of carbonyl (C=O) groups excluding carboxylic acids is 2. The van der Waals surface area contributed by atoms with E-state index in [-0.39, 0.29) is 24.8 Å². The highest BCUT2D eigenvalue weighted by Gasteiger charge is 2.30. The molecule has 106 valence electrons. The molecule has 0 aromatic heterocycles. The molecule has 1 N–H and O–H groups in total. The minimum atomic E-state index is -4.29. The number of nitrogens with one attached hydrogen (secondary N) is 1. The summed E-state index contributed by atoms with van der Waals surface area (Å²) in [7, 11) is 1.30. The van der Waals surface area contributed by atoms with Crippen LogP contribution in [-0.2, 0) is 9.59 Å². The molecule has 0 heterocycles. The first-order valence-corrected chi connectivity index (χ1v) is 5.65. The van der Waals surface area contributed by atoms with Gasteiger partial charge in [0.15, 0.2) is 0 Å². The predicted octanol–water partition coefficient (Wildman–Crippen LogP) is 1.21. The fourth-order valence-electron chi connectivity index (χ4n) is 1.41. The number of amides is 1. The number of carbonyl (C=O) groups is 2. The molecule has 0 radical (unpaired) electrons. The van der Waals surface area contributed by atoms with Gasteiger partial charge in [-0.1, -0.05) is 13.8 Å². The summed E-state index contributed by atoms with van der Waals surface area (Å²) < 4.78 is 36.4. The van der Waals surface area contributed by atoms with Crippen LogP contribution in [0, 0.1) is 5.92 Å². The van der Waals surface area contributed by atoms with Gasteiger partial charge in [0.05, 0.1) is 6.54 Å². The Balaban J connectivity index is 4.34. The van der Waals surface area contributed by atoms with Gasteiger partial charge in [0.25, 0.3) is 0 Å². The van der Waals surface area contributed by atoms with Gasteiger partial charge in [0.2, 0.25) is 5.91 Å². The van der Waals surface area contributed by atoms with Crippen LogP contribution in [0.25, 0.3) is 0 Å². The number of alkyl halides is 3. The summed E-state index contributed by atoms with van der Waals surface area (Å²) in [5.74, 6) is -0.547. The quantitative estimate of drug-likeness (QED) is 0.706. The van der Waals surface area contributed by atoms with Crippen molar-refractivity contribution in [3.8, 4) is 0 Å². The van der Waals surface area contributed by atoms with Crippen LogP contribution in [0.4, 0.5) is 13.2 Å². The van der Waals surface area contributed by atoms with E-state index < -0.39 is 18.8 Å². The number of halogens is 3. The van der Waals surface area contributed by atoms with Crippen LogP contribution in [0.3, 0.4) is 0 Å². The summed E-state index contributed by atoms with van der Waals surface area (Å²) in [6.45, 7) is 2.26. The second-order valence-corrected chi connectivity index (χ2v) is 4.57. The van der Waals surface area contributed by atoms with Crippen molar-refractivity contribution in [1.82, 2.24) is 10.2 Å². The van der Waals surface area contributed by atoms with Crippen molar-refractivity contribution in [2.75, 3.05) is 20.1 Å². The molecule has 0 aromatic carbocycles. The van der Waals surface area contributed by atoms with Crippen molar-refractivity contribution in [3.63, 3.8) is 0 Å². The molecule has 1 unspecified atom stereocenters. The lowest BCUT2D eigenvalue weighted by molar-refractivity contribution is -0.143. The summed E-state index contributed by atoms with van der Waals surface area (Å²) in [4.78, 5) is 22.9. The molecule has 0 rings (SSSR count). The Kier molecular flexibility index (Phi) is 6.90. The number of rotatable bonds is 7. The number of hydrogen-bond donors (Lipinski definition) is 1. The van der Waals surface area contributed by atoms with E-state index in [1.807, 2.05) is 0 Å². The van der Waals surface area contributed by atoms with E-state index in [1.54, 1.807) is 13.8 Å². The molecule has 18 heavy (non-hydrogen) atoms. The van der Waals surface area contributed by atoms with Gasteiger partial charge in [-0.25, -0.2) is 0 Å². The third-order valence-corrected chi connectivity index (χ3v) is 2.23. The van der Waals surface area contributed by atoms with E-state index in [1.165, 1.54) is 7.05 Å². The van der Waals surface area contributed by atoms with Gasteiger partial charge < -0.3 is 10.1 Å². The molecule has 0 aliphatic heterocycles. The maximum Gasteiger partial charge on any atom is 0.401 e. The van der Waals surface area contributed by atoms with Gasteiger partial charge in [-0.2, -0.15) is 13.2 Å². The minimum absolute atomic E-state index is 0.000652. The van der Waals surface area contributed by atoms with Crippen LogP contribution in [0.15, 0.2) is 0 Å². The fraction of sp³-hybridized carbons (Fsp3) is 0.818. The first kappa shape index (κ1) is 16.9. The summed E-state index contributed by atoms with van der Waals surface area (Å²) in [5.41, 5.74) is 0. The Hall–Kier alpha value is -1.11. The van der Waals surface area contributed by atoms with Gasteiger partial charge in [-0.05, 0) is 7.05 Å². The molecule has 4 nitrogen and oxygen atoms in total. The Morgan fingerprint density at radius 1 is 1.39 bits per heavy atom. The largest absolute Gasteiger partial charge is 0.401 e. The van der Waals surface area contributed by atoms with Crippen molar-refractivity contribution >= 4 is 12.2 Å². The average molecular weight is 268 g/mol. The summed E-state index contributed by atoms with van der Waals surface area (Å²) in [6.07, 6.45) is -3.70. The van der Waals surface area contributed by atoms with Crippen LogP contribution in [0.1, 0.15) is 20.3 Å². The first-order valence-electron chi connectivity index (χ1n) is 5.65. The normalized spacial score (nSPS) is 13.8. The van der Waals surface area contributed by atoms with Crippen LogP contribution < -0.4 is 5.32 Å². The van der Waals surface area contributed by atoms with Gasteiger partial charge in [0, 0.05) is 24.9 Å². The zero-order valence-corrected chi connectivity index (χ0v) is 10.8. The number of hydrogen-bond acceptors (Lipinski definition) is 3. The van der Waals surface area contributed by atoms with Crippen molar-refractivity contribution in [2.24, 2.45) is 5.92 Å². The monoisotopic (exact) mass is 268 g/mol. The van der Waals surface area contributed by atoms with Crippen molar-refractivity contribution in [2.45, 2.75) is 32.5 Å². The van der Waals surface area contributed by atoms with Crippen LogP contribution >= 0.6 is 0 Å². The number of aldehydes is 1. The summed E-state index contributed by atoms with van der Waals surface area (Å²) in [6, 6.07) is -0.593. The molecule has 0 saturated heterocycles. The standard InChI is InChI=1S/C11H19F3N2O2/c1-8(2)10(18)15-9(4-5-17)6-16(3)7-11(12,13)14/h5,8-9H,4,6-7H2,1-3H3,(H,15,18). The zero-order chi connectivity index (χ0) is 14.3. The molecular weight excluding hydrogens is 249 g/mol. The minimum Gasteiger partial charge on any atom is -0.351 e. The topological polar surface area (TPSA) is 49.4 Å². The molecule has 0 spiro atoms. The van der Waals surface area contributed by atoms with Gasteiger partial charge >= 0.3 is 6.18 Å². The second kappa shape index (κ2) is 7.35. The van der Waals surface area contributed by atoms with E-state index in [0.29, 0.717) is 6.29 Å². The zero-order valence-electron chi connectivity index (χ0n) is 10.8. The Labute approximate surface area is 105 Å². The Bertz CT molecular complexity index is 280. The van der Waals surface area contributed by atoms with Crippen LogP contribution in [-0.4, -0.2) is 49.4 Å². The summed E-state index contributed by atoms with van der Waals surface area (Å²) >= 11 is 0. The third-order valence-electron chi connectivity index (χ3n) is 2.23. The number of nitrogens with zero attached hydrogens (tertiary/aromatic N) is 1. The Morgan fingerprint density at radius 3 is 2.33 bits per heavy atom. The molecule has 0 fully saturated rings. The lowest BCUT2D eigenvalue weighted by Crippen LogP contribution is -2.46. The molecule has 1 atom stereocenters. The maximum absolute atomic E-state index is 12.1. The average Bonchev–Trinajstić information content (AvgIpc) is 2.14. The highest BCUT2D eigenvalue weighted by Crippen LogP contribution is 2.15. The Morgan fingerprint density at radius 2 is 1.94 bits per heavy atom. The van der Waals surface area contributed by atoms with Crippen LogP contribution in [0.2, 0.25) is 0 Å². The molecule has 0 saturated carbocycles. The molecule has 0 aromatic rings. The third kappa shape index (κ3) is 8.05. The van der Waals surface area contributed by atoms with Gasteiger partial charge in [-0.15, -0.1) is 0 Å². The second-order valence-electron chi connectivity index (χ2n) is 4.57. The lowest BCUT2D eigenvalue weighted by atomic mass is 10.1. The summed E-state index contributed by atoms with van der Waals surface area (Å²) in [5, 5.41) is 2.55. The first-order chi connectivity index (χ1) is 8.15. The van der Waals surface area contributed by atoms with Crippen molar-refractivity contribution < 1.29 is 22.8 Å². The number of likely N-dealkylation sites (N-methyl/N-ethyl adjacent to an activating group) is 1. The van der Waals surface area contributed by atoms with E-state index in [0.717, 1.165) is 4.90 Å². The molecular formula is C11H19F3N2O2. The van der Waals surface area contributed by atoms with E-state index >= 15 is 0 Å². The SMILES string of the molecule is CC(C)C(=O)NC(CC=O)CN(C)CC(F)(F)F. The van der Waals surface area contributed by atoms with E-state index in [4.69, 9.17) is 0 Å². The van der Waals surface area contributed by atoms with Gasteiger partial charge in [0.1, 0.15) is 6.29 Å². The highest BCUT2D eigenvalue weighted by molar-refractivity contribution is 5.78. The van der Waals surface area contributed by atoms with Crippen molar-refractivity contribution in [1.29, 1.82) is 0 Å². The lowest BCUT2D eigenvalue weighted by Gasteiger charge is -2.25. The fourth-order valence-corrected chi connectivity index (χ4v) is 1.41. The molecule has 1 amide bonds. The van der Waals surface area contributed by atoms with Gasteiger partial charge in [-0.3, -0.25) is 9.69 Å². The highest BCUT2D eigenvalue weighted by atomic mass is 19.4. The molecule has 0 aliphatic carbocycles. The molecule has 7 heteroatoms. The smallest absolute Gasteiger partial charge is 0.351 e. The van der Waals surface area contributed by atoms with E-state index in [2.05, 4.69) is 5.32 Å². The van der Waals surface area contributed by atoms with E-state index in [9.17, 15) is 22.8 Å². The predicted molar refractivity (Wildman–Crippen MR) is 61.0 cm³/mol. The molecule has 0 bridgehead atoms. The molecule has 0 aliphatic rings.